The molecule has 0 spiro atoms. The lowest BCUT2D eigenvalue weighted by atomic mass is 10.1. The maximum atomic E-state index is 10.7. The molecule has 0 aromatic heterocycles. The minimum absolute atomic E-state index is 0.0204. The molecule has 1 rings (SSSR count). The molecular formula is C10H21N3O2. The molecule has 0 aromatic carbocycles. The van der Waals surface area contributed by atoms with Crippen LogP contribution >= 0.6 is 0 Å². The standard InChI is InChI=1S/C10H21N3O2/c1-8(11)10-7-13(5-6-15-10)4-3-12-9(2)14/h8,10H,3-7,11H2,1-2H3,(H,12,14). The van der Waals surface area contributed by atoms with Crippen LogP contribution in [0.4, 0.5) is 0 Å². The second-order valence-corrected chi connectivity index (χ2v) is 4.05. The lowest BCUT2D eigenvalue weighted by molar-refractivity contribution is -0.119. The largest absolute Gasteiger partial charge is 0.374 e. The molecule has 1 aliphatic heterocycles. The molecule has 1 heterocycles. The van der Waals surface area contributed by atoms with E-state index in [4.69, 9.17) is 10.5 Å². The van der Waals surface area contributed by atoms with E-state index in [1.807, 2.05) is 6.92 Å². The molecule has 15 heavy (non-hydrogen) atoms. The average Bonchev–Trinajstić information content (AvgIpc) is 2.17. The predicted molar refractivity (Wildman–Crippen MR) is 58.5 cm³/mol. The van der Waals surface area contributed by atoms with E-state index in [1.165, 1.54) is 6.92 Å². The van der Waals surface area contributed by atoms with E-state index in [9.17, 15) is 4.79 Å². The quantitative estimate of drug-likeness (QED) is 0.642. The molecule has 1 fully saturated rings. The monoisotopic (exact) mass is 215 g/mol. The van der Waals surface area contributed by atoms with E-state index in [0.717, 1.165) is 26.2 Å². The van der Waals surface area contributed by atoms with Crippen molar-refractivity contribution in [3.05, 3.63) is 0 Å². The highest BCUT2D eigenvalue weighted by Gasteiger charge is 2.22. The van der Waals surface area contributed by atoms with E-state index < -0.39 is 0 Å². The Morgan fingerprint density at radius 3 is 3.07 bits per heavy atom. The number of rotatable bonds is 4. The van der Waals surface area contributed by atoms with E-state index in [0.29, 0.717) is 6.54 Å². The fourth-order valence-electron chi connectivity index (χ4n) is 1.64. The third kappa shape index (κ3) is 4.59. The molecule has 0 aromatic rings. The van der Waals surface area contributed by atoms with Crippen molar-refractivity contribution in [1.29, 1.82) is 0 Å². The van der Waals surface area contributed by atoms with Crippen LogP contribution in [0.15, 0.2) is 0 Å². The van der Waals surface area contributed by atoms with Gasteiger partial charge in [-0.25, -0.2) is 0 Å². The number of ether oxygens (including phenoxy) is 1. The number of hydrogen-bond donors (Lipinski definition) is 2. The van der Waals surface area contributed by atoms with Crippen LogP contribution in [0.1, 0.15) is 13.8 Å². The number of nitrogens with zero attached hydrogens (tertiary/aromatic N) is 1. The summed E-state index contributed by atoms with van der Waals surface area (Å²) in [6, 6.07) is 0.0635. The Labute approximate surface area is 90.9 Å². The van der Waals surface area contributed by atoms with Gasteiger partial charge in [0.1, 0.15) is 0 Å². The van der Waals surface area contributed by atoms with Gasteiger partial charge in [-0.1, -0.05) is 0 Å². The minimum atomic E-state index is 0.0204. The molecule has 2 unspecified atom stereocenters. The van der Waals surface area contributed by atoms with Gasteiger partial charge in [0.05, 0.1) is 12.7 Å². The normalized spacial score (nSPS) is 24.9. The first-order valence-electron chi connectivity index (χ1n) is 5.43. The predicted octanol–water partition coefficient (Wildman–Crippen LogP) is -0.829. The first kappa shape index (κ1) is 12.4. The lowest BCUT2D eigenvalue weighted by Crippen LogP contribution is -2.50. The van der Waals surface area contributed by atoms with Crippen molar-refractivity contribution in [2.45, 2.75) is 26.0 Å². The SMILES string of the molecule is CC(=O)NCCN1CCOC(C(C)N)C1. The topological polar surface area (TPSA) is 67.6 Å². The zero-order valence-electron chi connectivity index (χ0n) is 9.53. The van der Waals surface area contributed by atoms with Gasteiger partial charge >= 0.3 is 0 Å². The third-order valence-electron chi connectivity index (χ3n) is 2.57. The molecule has 0 radical (unpaired) electrons. The Morgan fingerprint density at radius 1 is 1.73 bits per heavy atom. The van der Waals surface area contributed by atoms with Gasteiger partial charge in [-0.05, 0) is 6.92 Å². The van der Waals surface area contributed by atoms with Gasteiger partial charge in [-0.15, -0.1) is 0 Å². The molecule has 3 N–H and O–H groups in total. The zero-order valence-corrected chi connectivity index (χ0v) is 9.53. The van der Waals surface area contributed by atoms with E-state index >= 15 is 0 Å². The second kappa shape index (κ2) is 6.05. The number of carbonyl (C=O) groups excluding carboxylic acids is 1. The molecule has 5 nitrogen and oxygen atoms in total. The maximum Gasteiger partial charge on any atom is 0.216 e. The Bertz CT molecular complexity index is 209. The van der Waals surface area contributed by atoms with Crippen molar-refractivity contribution in [3.63, 3.8) is 0 Å². The molecule has 1 amide bonds. The third-order valence-corrected chi connectivity index (χ3v) is 2.57. The van der Waals surface area contributed by atoms with Crippen molar-refractivity contribution in [2.75, 3.05) is 32.8 Å². The number of hydrogen-bond acceptors (Lipinski definition) is 4. The van der Waals surface area contributed by atoms with Crippen LogP contribution in [0, 0.1) is 0 Å². The highest BCUT2D eigenvalue weighted by Crippen LogP contribution is 2.06. The summed E-state index contributed by atoms with van der Waals surface area (Å²) in [5.74, 6) is 0.0204. The number of morpholine rings is 1. The van der Waals surface area contributed by atoms with Crippen LogP contribution in [0.5, 0.6) is 0 Å². The number of nitrogens with two attached hydrogens (primary N) is 1. The lowest BCUT2D eigenvalue weighted by Gasteiger charge is -2.34. The smallest absolute Gasteiger partial charge is 0.216 e. The number of carbonyl (C=O) groups is 1. The van der Waals surface area contributed by atoms with Crippen molar-refractivity contribution in [3.8, 4) is 0 Å². The van der Waals surface area contributed by atoms with Crippen molar-refractivity contribution in [1.82, 2.24) is 10.2 Å². The van der Waals surface area contributed by atoms with Crippen molar-refractivity contribution in [2.24, 2.45) is 5.73 Å². The van der Waals surface area contributed by atoms with Crippen LogP contribution in [-0.4, -0.2) is 55.7 Å². The fourth-order valence-corrected chi connectivity index (χ4v) is 1.64. The summed E-state index contributed by atoms with van der Waals surface area (Å²) in [5.41, 5.74) is 5.78. The molecule has 0 bridgehead atoms. The van der Waals surface area contributed by atoms with E-state index in [-0.39, 0.29) is 18.1 Å². The summed E-state index contributed by atoms with van der Waals surface area (Å²) in [4.78, 5) is 13.0. The van der Waals surface area contributed by atoms with Gasteiger partial charge in [-0.3, -0.25) is 9.69 Å². The van der Waals surface area contributed by atoms with Gasteiger partial charge in [0.2, 0.25) is 5.91 Å². The molecule has 0 saturated carbocycles. The Hall–Kier alpha value is -0.650. The fraction of sp³-hybridized carbons (Fsp3) is 0.900. The van der Waals surface area contributed by atoms with Crippen molar-refractivity contribution >= 4 is 5.91 Å². The Balaban J connectivity index is 2.21. The summed E-state index contributed by atoms with van der Waals surface area (Å²) in [6.45, 7) is 7.56. The van der Waals surface area contributed by atoms with Gasteiger partial charge in [0.15, 0.2) is 0 Å². The molecule has 1 aliphatic rings. The summed E-state index contributed by atoms with van der Waals surface area (Å²) in [6.07, 6.45) is 0.121. The Kier molecular flexibility index (Phi) is 5.01. The Morgan fingerprint density at radius 2 is 2.47 bits per heavy atom. The maximum absolute atomic E-state index is 10.7. The van der Waals surface area contributed by atoms with Crippen LogP contribution in [0.2, 0.25) is 0 Å². The highest BCUT2D eigenvalue weighted by molar-refractivity contribution is 5.72. The first-order chi connectivity index (χ1) is 7.09. The van der Waals surface area contributed by atoms with Crippen LogP contribution in [0.3, 0.4) is 0 Å². The van der Waals surface area contributed by atoms with Crippen molar-refractivity contribution < 1.29 is 9.53 Å². The number of amides is 1. The summed E-state index contributed by atoms with van der Waals surface area (Å²) in [5, 5.41) is 2.78. The van der Waals surface area contributed by atoms with E-state index in [1.54, 1.807) is 0 Å². The van der Waals surface area contributed by atoms with Crippen LogP contribution in [-0.2, 0) is 9.53 Å². The highest BCUT2D eigenvalue weighted by atomic mass is 16.5. The van der Waals surface area contributed by atoms with Gasteiger partial charge in [0.25, 0.3) is 0 Å². The molecule has 88 valence electrons. The second-order valence-electron chi connectivity index (χ2n) is 4.05. The summed E-state index contributed by atoms with van der Waals surface area (Å²) in [7, 11) is 0. The number of nitrogens with one attached hydrogen (secondary N) is 1. The summed E-state index contributed by atoms with van der Waals surface area (Å²) < 4.78 is 5.54. The summed E-state index contributed by atoms with van der Waals surface area (Å²) >= 11 is 0. The zero-order chi connectivity index (χ0) is 11.3. The van der Waals surface area contributed by atoms with Crippen LogP contribution in [0.25, 0.3) is 0 Å². The average molecular weight is 215 g/mol. The van der Waals surface area contributed by atoms with Gasteiger partial charge < -0.3 is 15.8 Å². The van der Waals surface area contributed by atoms with Gasteiger partial charge in [-0.2, -0.15) is 0 Å². The van der Waals surface area contributed by atoms with Crippen LogP contribution < -0.4 is 11.1 Å². The first-order valence-corrected chi connectivity index (χ1v) is 5.43. The molecular weight excluding hydrogens is 194 g/mol. The molecule has 1 saturated heterocycles. The van der Waals surface area contributed by atoms with Gasteiger partial charge in [0, 0.05) is 39.1 Å². The minimum Gasteiger partial charge on any atom is -0.374 e. The molecule has 5 heteroatoms. The van der Waals surface area contributed by atoms with E-state index in [2.05, 4.69) is 10.2 Å². The molecule has 0 aliphatic carbocycles. The molecule has 2 atom stereocenters.